The van der Waals surface area contributed by atoms with Crippen molar-refractivity contribution in [2.24, 2.45) is 11.3 Å². The normalized spacial score (nSPS) is 35.3. The number of Topliss-reactive ketones (excluding diaryl/α,β-unsaturated/α-hetero) is 2. The second-order valence-corrected chi connectivity index (χ2v) is 4.09. The summed E-state index contributed by atoms with van der Waals surface area (Å²) in [7, 11) is 0. The first-order chi connectivity index (χ1) is 5.36. The molecule has 0 amide bonds. The highest BCUT2D eigenvalue weighted by Gasteiger charge is 2.44. The van der Waals surface area contributed by atoms with Crippen molar-refractivity contribution in [3.63, 3.8) is 0 Å². The van der Waals surface area contributed by atoms with Crippen molar-refractivity contribution in [2.45, 2.75) is 33.3 Å². The molecular formula is C9H14O3. The van der Waals surface area contributed by atoms with E-state index >= 15 is 0 Å². The molecule has 12 heavy (non-hydrogen) atoms. The summed E-state index contributed by atoms with van der Waals surface area (Å²) in [6.07, 6.45) is -0.692. The molecule has 3 heteroatoms. The summed E-state index contributed by atoms with van der Waals surface area (Å²) in [6.45, 7) is 5.10. The van der Waals surface area contributed by atoms with Crippen LogP contribution in [0.2, 0.25) is 0 Å². The van der Waals surface area contributed by atoms with Crippen LogP contribution in [0.4, 0.5) is 0 Å². The van der Waals surface area contributed by atoms with E-state index in [-0.39, 0.29) is 18.0 Å². The number of aliphatic hydroxyl groups is 1. The quantitative estimate of drug-likeness (QED) is 0.540. The molecule has 0 aromatic carbocycles. The van der Waals surface area contributed by atoms with Crippen molar-refractivity contribution in [3.05, 3.63) is 0 Å². The average molecular weight is 170 g/mol. The third-order valence-electron chi connectivity index (χ3n) is 2.52. The predicted molar refractivity (Wildman–Crippen MR) is 43.6 cm³/mol. The fraction of sp³-hybridized carbons (Fsp3) is 0.778. The summed E-state index contributed by atoms with van der Waals surface area (Å²) in [5, 5.41) is 9.30. The molecule has 2 atom stereocenters. The number of rotatable bonds is 0. The number of carbonyl (C=O) groups is 2. The minimum atomic E-state index is -0.951. The minimum absolute atomic E-state index is 0.0576. The lowest BCUT2D eigenvalue weighted by Gasteiger charge is -2.33. The van der Waals surface area contributed by atoms with Gasteiger partial charge in [-0.2, -0.15) is 0 Å². The SMILES string of the molecule is CC1C(=O)[C@@H](O)CC(C)(C)C1=O. The molecule has 3 nitrogen and oxygen atoms in total. The summed E-state index contributed by atoms with van der Waals surface area (Å²) in [4.78, 5) is 22.6. The van der Waals surface area contributed by atoms with E-state index in [2.05, 4.69) is 0 Å². The van der Waals surface area contributed by atoms with Gasteiger partial charge in [0.25, 0.3) is 0 Å². The zero-order valence-corrected chi connectivity index (χ0v) is 7.63. The van der Waals surface area contributed by atoms with Gasteiger partial charge < -0.3 is 5.11 Å². The maximum absolute atomic E-state index is 11.5. The van der Waals surface area contributed by atoms with Gasteiger partial charge in [-0.15, -0.1) is 0 Å². The van der Waals surface area contributed by atoms with Gasteiger partial charge in [-0.05, 0) is 13.3 Å². The number of hydrogen-bond donors (Lipinski definition) is 1. The van der Waals surface area contributed by atoms with Crippen LogP contribution in [-0.2, 0) is 9.59 Å². The highest BCUT2D eigenvalue weighted by Crippen LogP contribution is 2.33. The molecular weight excluding hydrogens is 156 g/mol. The van der Waals surface area contributed by atoms with Crippen LogP contribution in [0.1, 0.15) is 27.2 Å². The van der Waals surface area contributed by atoms with Gasteiger partial charge in [0.15, 0.2) is 5.78 Å². The van der Waals surface area contributed by atoms with Gasteiger partial charge in [-0.25, -0.2) is 0 Å². The molecule has 0 heterocycles. The monoisotopic (exact) mass is 170 g/mol. The molecule has 0 radical (unpaired) electrons. The van der Waals surface area contributed by atoms with Crippen LogP contribution in [0, 0.1) is 11.3 Å². The molecule has 68 valence electrons. The molecule has 1 unspecified atom stereocenters. The second kappa shape index (κ2) is 2.66. The largest absolute Gasteiger partial charge is 0.385 e. The standard InChI is InChI=1S/C9H14O3/c1-5-7(11)6(10)4-9(2,3)8(5)12/h5-6,10H,4H2,1-3H3/t5?,6-/m0/s1. The Labute approximate surface area is 71.8 Å². The maximum atomic E-state index is 11.5. The third-order valence-corrected chi connectivity index (χ3v) is 2.52. The lowest BCUT2D eigenvalue weighted by atomic mass is 9.70. The Bertz CT molecular complexity index is 230. The Balaban J connectivity index is 2.93. The second-order valence-electron chi connectivity index (χ2n) is 4.09. The molecule has 1 fully saturated rings. The zero-order chi connectivity index (χ0) is 9.52. The van der Waals surface area contributed by atoms with E-state index in [9.17, 15) is 14.7 Å². The summed E-state index contributed by atoms with van der Waals surface area (Å²) in [5.74, 6) is -1.03. The Kier molecular flexibility index (Phi) is 2.08. The van der Waals surface area contributed by atoms with E-state index in [1.165, 1.54) is 0 Å². The Morgan fingerprint density at radius 2 is 1.92 bits per heavy atom. The molecule has 0 aliphatic heterocycles. The van der Waals surface area contributed by atoms with E-state index in [1.807, 2.05) is 0 Å². The fourth-order valence-corrected chi connectivity index (χ4v) is 1.69. The molecule has 1 rings (SSSR count). The molecule has 1 aliphatic rings. The highest BCUT2D eigenvalue weighted by atomic mass is 16.3. The van der Waals surface area contributed by atoms with Crippen LogP contribution < -0.4 is 0 Å². The molecule has 1 aliphatic carbocycles. The predicted octanol–water partition coefficient (Wildman–Crippen LogP) is 0.551. The first-order valence-corrected chi connectivity index (χ1v) is 4.12. The van der Waals surface area contributed by atoms with Crippen molar-refractivity contribution in [3.8, 4) is 0 Å². The van der Waals surface area contributed by atoms with Crippen LogP contribution in [0.25, 0.3) is 0 Å². The molecule has 0 aromatic heterocycles. The van der Waals surface area contributed by atoms with E-state index in [0.717, 1.165) is 0 Å². The Morgan fingerprint density at radius 3 is 2.42 bits per heavy atom. The summed E-state index contributed by atoms with van der Waals surface area (Å²) in [6, 6.07) is 0. The van der Waals surface area contributed by atoms with Gasteiger partial charge in [0.05, 0.1) is 5.92 Å². The van der Waals surface area contributed by atoms with Crippen molar-refractivity contribution >= 4 is 11.6 Å². The van der Waals surface area contributed by atoms with Crippen molar-refractivity contribution in [1.82, 2.24) is 0 Å². The van der Waals surface area contributed by atoms with Crippen molar-refractivity contribution < 1.29 is 14.7 Å². The first kappa shape index (κ1) is 9.39. The lowest BCUT2D eigenvalue weighted by molar-refractivity contribution is -0.149. The molecule has 1 saturated carbocycles. The molecule has 0 spiro atoms. The summed E-state index contributed by atoms with van der Waals surface area (Å²) in [5.41, 5.74) is -0.549. The minimum Gasteiger partial charge on any atom is -0.385 e. The topological polar surface area (TPSA) is 54.4 Å². The molecule has 0 saturated heterocycles. The van der Waals surface area contributed by atoms with Crippen molar-refractivity contribution in [1.29, 1.82) is 0 Å². The van der Waals surface area contributed by atoms with E-state index in [4.69, 9.17) is 0 Å². The van der Waals surface area contributed by atoms with Crippen LogP contribution in [0.15, 0.2) is 0 Å². The Morgan fingerprint density at radius 1 is 1.42 bits per heavy atom. The smallest absolute Gasteiger partial charge is 0.171 e. The molecule has 0 aromatic rings. The van der Waals surface area contributed by atoms with Crippen LogP contribution in [-0.4, -0.2) is 22.8 Å². The van der Waals surface area contributed by atoms with Crippen LogP contribution in [0.3, 0.4) is 0 Å². The number of carbonyl (C=O) groups excluding carboxylic acids is 2. The third kappa shape index (κ3) is 1.29. The van der Waals surface area contributed by atoms with Gasteiger partial charge in [0.2, 0.25) is 0 Å². The average Bonchev–Trinajstić information content (AvgIpc) is 1.97. The van der Waals surface area contributed by atoms with Crippen molar-refractivity contribution in [2.75, 3.05) is 0 Å². The fourth-order valence-electron chi connectivity index (χ4n) is 1.69. The van der Waals surface area contributed by atoms with Gasteiger partial charge in [-0.3, -0.25) is 9.59 Å². The first-order valence-electron chi connectivity index (χ1n) is 4.12. The molecule has 1 N–H and O–H groups in total. The van der Waals surface area contributed by atoms with E-state index in [1.54, 1.807) is 20.8 Å². The van der Waals surface area contributed by atoms with Gasteiger partial charge in [0.1, 0.15) is 11.9 Å². The van der Waals surface area contributed by atoms with E-state index in [0.29, 0.717) is 0 Å². The van der Waals surface area contributed by atoms with Crippen LogP contribution >= 0.6 is 0 Å². The molecule has 0 bridgehead atoms. The van der Waals surface area contributed by atoms with Gasteiger partial charge in [0, 0.05) is 5.41 Å². The van der Waals surface area contributed by atoms with Gasteiger partial charge >= 0.3 is 0 Å². The number of ketones is 2. The zero-order valence-electron chi connectivity index (χ0n) is 7.63. The lowest BCUT2D eigenvalue weighted by Crippen LogP contribution is -2.47. The van der Waals surface area contributed by atoms with Gasteiger partial charge in [-0.1, -0.05) is 13.8 Å². The highest BCUT2D eigenvalue weighted by molar-refractivity contribution is 6.08. The Hall–Kier alpha value is -0.700. The maximum Gasteiger partial charge on any atom is 0.171 e. The summed E-state index contributed by atoms with van der Waals surface area (Å²) < 4.78 is 0. The number of aliphatic hydroxyl groups excluding tert-OH is 1. The summed E-state index contributed by atoms with van der Waals surface area (Å²) >= 11 is 0. The number of hydrogen-bond acceptors (Lipinski definition) is 3. The van der Waals surface area contributed by atoms with E-state index < -0.39 is 17.4 Å². The van der Waals surface area contributed by atoms with Crippen LogP contribution in [0.5, 0.6) is 0 Å².